The summed E-state index contributed by atoms with van der Waals surface area (Å²) in [6.45, 7) is 1.87. The second kappa shape index (κ2) is 6.60. The van der Waals surface area contributed by atoms with E-state index in [0.29, 0.717) is 29.7 Å². The van der Waals surface area contributed by atoms with Crippen molar-refractivity contribution in [1.29, 1.82) is 0 Å². The molecule has 1 fully saturated rings. The summed E-state index contributed by atoms with van der Waals surface area (Å²) in [4.78, 5) is 17.4. The van der Waals surface area contributed by atoms with Gasteiger partial charge < -0.3 is 4.74 Å². The number of carbonyl (C=O) groups is 1. The summed E-state index contributed by atoms with van der Waals surface area (Å²) in [5, 5.41) is 1.37. The summed E-state index contributed by atoms with van der Waals surface area (Å²) < 4.78 is 33.6. The Kier molecular flexibility index (Phi) is 4.34. The molecule has 28 heavy (non-hydrogen) atoms. The number of methoxy groups -OCH3 is 1. The van der Waals surface area contributed by atoms with Crippen LogP contribution in [0.1, 0.15) is 24.0 Å². The molecule has 0 bridgehead atoms. The predicted octanol–water partition coefficient (Wildman–Crippen LogP) is 3.09. The van der Waals surface area contributed by atoms with Crippen LogP contribution >= 0.6 is 0 Å². The fraction of sp³-hybridized carbons (Fsp3) is 0.238. The Balaban J connectivity index is 1.71. The van der Waals surface area contributed by atoms with Crippen molar-refractivity contribution >= 4 is 26.7 Å². The van der Waals surface area contributed by atoms with Crippen molar-refractivity contribution in [2.75, 3.05) is 7.11 Å². The van der Waals surface area contributed by atoms with Gasteiger partial charge in [-0.15, -0.1) is 0 Å². The standard InChI is InChI=1S/C21H20N2O4S/c1-14-12-17(19(27-2)22-13-14)21(10-11-21)20(24)23-28(25,26)18-9-5-7-15-6-3-4-8-16(15)18/h3-9,12-13H,10-11H2,1-2H3,(H,23,24). The van der Waals surface area contributed by atoms with Crippen LogP contribution in [0.4, 0.5) is 0 Å². The van der Waals surface area contributed by atoms with E-state index < -0.39 is 21.3 Å². The monoisotopic (exact) mass is 396 g/mol. The van der Waals surface area contributed by atoms with Crippen LogP contribution in [-0.2, 0) is 20.2 Å². The minimum absolute atomic E-state index is 0.0871. The van der Waals surface area contributed by atoms with E-state index in [9.17, 15) is 13.2 Å². The van der Waals surface area contributed by atoms with Crippen molar-refractivity contribution in [3.8, 4) is 5.88 Å². The minimum Gasteiger partial charge on any atom is -0.481 e. The van der Waals surface area contributed by atoms with Gasteiger partial charge in [-0.1, -0.05) is 36.4 Å². The summed E-state index contributed by atoms with van der Waals surface area (Å²) in [6, 6.07) is 14.0. The first-order valence-corrected chi connectivity index (χ1v) is 10.4. The van der Waals surface area contributed by atoms with Gasteiger partial charge in [-0.2, -0.15) is 0 Å². The lowest BCUT2D eigenvalue weighted by atomic mass is 9.95. The van der Waals surface area contributed by atoms with Crippen LogP contribution in [0, 0.1) is 6.92 Å². The van der Waals surface area contributed by atoms with Gasteiger partial charge in [0.2, 0.25) is 11.8 Å². The number of sulfonamides is 1. The summed E-state index contributed by atoms with van der Waals surface area (Å²) in [5.41, 5.74) is 0.578. The number of amides is 1. The highest BCUT2D eigenvalue weighted by Gasteiger charge is 2.54. The zero-order valence-electron chi connectivity index (χ0n) is 15.6. The average Bonchev–Trinajstić information content (AvgIpc) is 3.49. The zero-order valence-corrected chi connectivity index (χ0v) is 16.4. The molecule has 1 N–H and O–H groups in total. The Hall–Kier alpha value is -2.93. The molecule has 0 unspecified atom stereocenters. The van der Waals surface area contributed by atoms with E-state index in [-0.39, 0.29) is 4.90 Å². The average molecular weight is 396 g/mol. The molecule has 0 radical (unpaired) electrons. The molecule has 4 rings (SSSR count). The Morgan fingerprint density at radius 2 is 1.86 bits per heavy atom. The summed E-state index contributed by atoms with van der Waals surface area (Å²) in [6.07, 6.45) is 2.75. The molecule has 0 saturated heterocycles. The molecule has 0 aliphatic heterocycles. The molecule has 3 aromatic rings. The van der Waals surface area contributed by atoms with Gasteiger partial charge in [0, 0.05) is 17.1 Å². The number of aryl methyl sites for hydroxylation is 1. The Bertz CT molecular complexity index is 1180. The second-order valence-corrected chi connectivity index (χ2v) is 8.71. The van der Waals surface area contributed by atoms with Crippen molar-refractivity contribution in [1.82, 2.24) is 9.71 Å². The number of ether oxygens (including phenoxy) is 1. The maximum atomic E-state index is 13.1. The lowest BCUT2D eigenvalue weighted by Gasteiger charge is -2.19. The minimum atomic E-state index is -4.03. The van der Waals surface area contributed by atoms with E-state index in [4.69, 9.17) is 4.74 Å². The quantitative estimate of drug-likeness (QED) is 0.716. The van der Waals surface area contributed by atoms with Gasteiger partial charge >= 0.3 is 0 Å². The van der Waals surface area contributed by atoms with Crippen molar-refractivity contribution in [2.45, 2.75) is 30.1 Å². The fourth-order valence-electron chi connectivity index (χ4n) is 3.51. The van der Waals surface area contributed by atoms with Gasteiger partial charge in [0.1, 0.15) is 0 Å². The molecule has 2 aromatic carbocycles. The van der Waals surface area contributed by atoms with Crippen LogP contribution in [0.2, 0.25) is 0 Å². The number of benzene rings is 2. The highest BCUT2D eigenvalue weighted by molar-refractivity contribution is 7.90. The third-order valence-corrected chi connectivity index (χ3v) is 6.54. The molecule has 1 amide bonds. The van der Waals surface area contributed by atoms with Crippen molar-refractivity contribution in [3.63, 3.8) is 0 Å². The van der Waals surface area contributed by atoms with Crippen LogP contribution < -0.4 is 9.46 Å². The Labute approximate surface area is 163 Å². The lowest BCUT2D eigenvalue weighted by molar-refractivity contribution is -0.121. The van der Waals surface area contributed by atoms with Gasteiger partial charge in [0.25, 0.3) is 10.0 Å². The number of pyridine rings is 1. The van der Waals surface area contributed by atoms with Crippen LogP contribution in [0.25, 0.3) is 10.8 Å². The molecule has 6 nitrogen and oxygen atoms in total. The molecule has 7 heteroatoms. The topological polar surface area (TPSA) is 85.4 Å². The molecule has 1 aliphatic rings. The molecular weight excluding hydrogens is 376 g/mol. The van der Waals surface area contributed by atoms with Gasteiger partial charge in [-0.3, -0.25) is 4.79 Å². The maximum absolute atomic E-state index is 13.1. The third kappa shape index (κ3) is 3.01. The highest BCUT2D eigenvalue weighted by atomic mass is 32.2. The van der Waals surface area contributed by atoms with E-state index in [1.807, 2.05) is 31.2 Å². The van der Waals surface area contributed by atoms with E-state index in [1.54, 1.807) is 24.4 Å². The SMILES string of the molecule is COc1ncc(C)cc1C1(C(=O)NS(=O)(=O)c2cccc3ccccc23)CC1. The number of carbonyl (C=O) groups excluding carboxylic acids is 1. The molecule has 0 spiro atoms. The summed E-state index contributed by atoms with van der Waals surface area (Å²) in [7, 11) is -2.54. The van der Waals surface area contributed by atoms with Crippen LogP contribution in [-0.4, -0.2) is 26.4 Å². The number of hydrogen-bond acceptors (Lipinski definition) is 5. The largest absolute Gasteiger partial charge is 0.481 e. The van der Waals surface area contributed by atoms with Gasteiger partial charge in [-0.05, 0) is 42.8 Å². The molecule has 1 aliphatic carbocycles. The smallest absolute Gasteiger partial charge is 0.264 e. The maximum Gasteiger partial charge on any atom is 0.264 e. The molecule has 144 valence electrons. The first kappa shape index (κ1) is 18.4. The van der Waals surface area contributed by atoms with Crippen LogP contribution in [0.3, 0.4) is 0 Å². The Morgan fingerprint density at radius 1 is 1.14 bits per heavy atom. The molecule has 0 atom stereocenters. The molecular formula is C21H20N2O4S. The lowest BCUT2D eigenvalue weighted by Crippen LogP contribution is -2.39. The van der Waals surface area contributed by atoms with E-state index >= 15 is 0 Å². The van der Waals surface area contributed by atoms with E-state index in [0.717, 1.165) is 10.9 Å². The van der Waals surface area contributed by atoms with Gasteiger partial charge in [-0.25, -0.2) is 18.1 Å². The first-order chi connectivity index (χ1) is 13.4. The van der Waals surface area contributed by atoms with Gasteiger partial charge in [0.05, 0.1) is 17.4 Å². The van der Waals surface area contributed by atoms with Gasteiger partial charge in [0.15, 0.2) is 0 Å². The molecule has 1 aromatic heterocycles. The van der Waals surface area contributed by atoms with Crippen molar-refractivity contribution in [3.05, 3.63) is 65.9 Å². The molecule has 1 saturated carbocycles. The third-order valence-electron chi connectivity index (χ3n) is 5.15. The predicted molar refractivity (Wildman–Crippen MR) is 106 cm³/mol. The number of fused-ring (bicyclic) bond motifs is 1. The Morgan fingerprint density at radius 3 is 2.57 bits per heavy atom. The summed E-state index contributed by atoms with van der Waals surface area (Å²) in [5.74, 6) is -0.202. The normalized spacial score (nSPS) is 15.2. The van der Waals surface area contributed by atoms with Crippen LogP contribution in [0.15, 0.2) is 59.6 Å². The van der Waals surface area contributed by atoms with E-state index in [1.165, 1.54) is 13.2 Å². The number of nitrogens with zero attached hydrogens (tertiary/aromatic N) is 1. The van der Waals surface area contributed by atoms with Crippen molar-refractivity contribution in [2.24, 2.45) is 0 Å². The number of rotatable bonds is 5. The highest BCUT2D eigenvalue weighted by Crippen LogP contribution is 2.51. The fourth-order valence-corrected chi connectivity index (χ4v) is 4.79. The van der Waals surface area contributed by atoms with Crippen LogP contribution in [0.5, 0.6) is 5.88 Å². The number of aromatic nitrogens is 1. The number of hydrogen-bond donors (Lipinski definition) is 1. The number of nitrogens with one attached hydrogen (secondary N) is 1. The van der Waals surface area contributed by atoms with Crippen molar-refractivity contribution < 1.29 is 17.9 Å². The zero-order chi connectivity index (χ0) is 19.9. The summed E-state index contributed by atoms with van der Waals surface area (Å²) >= 11 is 0. The van der Waals surface area contributed by atoms with E-state index in [2.05, 4.69) is 9.71 Å². The first-order valence-electron chi connectivity index (χ1n) is 8.93. The second-order valence-electron chi connectivity index (χ2n) is 7.06. The molecule has 1 heterocycles.